The Balaban J connectivity index is 2.04. The van der Waals surface area contributed by atoms with E-state index in [1.807, 2.05) is 0 Å². The molecule has 0 aromatic carbocycles. The molecule has 10 nitrogen and oxygen atoms in total. The van der Waals surface area contributed by atoms with Crippen LogP contribution < -0.4 is 4.74 Å². The first-order valence-corrected chi connectivity index (χ1v) is 9.29. The van der Waals surface area contributed by atoms with Crippen LogP contribution in [-0.4, -0.2) is 53.2 Å². The van der Waals surface area contributed by atoms with Gasteiger partial charge >= 0.3 is 11.6 Å². The van der Waals surface area contributed by atoms with E-state index in [1.165, 1.54) is 0 Å². The molecule has 0 atom stereocenters. The van der Waals surface area contributed by atoms with Crippen LogP contribution in [0.5, 0.6) is 5.88 Å². The minimum absolute atomic E-state index is 0.0364. The summed E-state index contributed by atoms with van der Waals surface area (Å²) in [7, 11) is -4.00. The molecule has 136 valence electrons. The van der Waals surface area contributed by atoms with Gasteiger partial charge in [0.25, 0.3) is 10.1 Å². The maximum Gasteiger partial charge on any atom is 0.352 e. The van der Waals surface area contributed by atoms with E-state index in [4.69, 9.17) is 14.0 Å². The zero-order chi connectivity index (χ0) is 17.7. The first-order valence-electron chi connectivity index (χ1n) is 7.69. The van der Waals surface area contributed by atoms with Gasteiger partial charge in [-0.25, -0.2) is 0 Å². The molecule has 1 aliphatic rings. The molecule has 1 saturated heterocycles. The third-order valence-electron chi connectivity index (χ3n) is 3.84. The Morgan fingerprint density at radius 2 is 2.08 bits per heavy atom. The van der Waals surface area contributed by atoms with E-state index < -0.39 is 15.0 Å². The van der Waals surface area contributed by atoms with E-state index >= 15 is 0 Å². The highest BCUT2D eigenvalue weighted by Crippen LogP contribution is 2.34. The maximum atomic E-state index is 11.3. The number of ether oxygens (including phenoxy) is 2. The quantitative estimate of drug-likeness (QED) is 0.318. The van der Waals surface area contributed by atoms with E-state index in [9.17, 15) is 18.5 Å². The minimum Gasteiger partial charge on any atom is -0.472 e. The molecule has 1 N–H and O–H groups in total. The Labute approximate surface area is 139 Å². The van der Waals surface area contributed by atoms with E-state index in [2.05, 4.69) is 5.10 Å². The zero-order valence-corrected chi connectivity index (χ0v) is 14.2. The lowest BCUT2D eigenvalue weighted by molar-refractivity contribution is -0.386. The van der Waals surface area contributed by atoms with Crippen molar-refractivity contribution >= 4 is 15.8 Å². The molecule has 0 saturated carbocycles. The number of hydrogen-bond acceptors (Lipinski definition) is 7. The van der Waals surface area contributed by atoms with Gasteiger partial charge in [-0.3, -0.25) is 19.3 Å². The number of rotatable bonds is 8. The van der Waals surface area contributed by atoms with Crippen molar-refractivity contribution in [2.45, 2.75) is 38.6 Å². The molecule has 0 bridgehead atoms. The normalized spacial score (nSPS) is 16.2. The number of hydrogen-bond donors (Lipinski definition) is 1. The molecule has 1 aromatic heterocycles. The summed E-state index contributed by atoms with van der Waals surface area (Å²) < 4.78 is 42.2. The summed E-state index contributed by atoms with van der Waals surface area (Å²) in [6.45, 7) is 2.89. The first kappa shape index (κ1) is 18.6. The second-order valence-corrected chi connectivity index (χ2v) is 7.20. The summed E-state index contributed by atoms with van der Waals surface area (Å²) in [6, 6.07) is 0.0364. The van der Waals surface area contributed by atoms with Crippen LogP contribution in [0.4, 0.5) is 5.69 Å². The molecule has 2 rings (SSSR count). The lowest BCUT2D eigenvalue weighted by atomic mass is 10.1. The largest absolute Gasteiger partial charge is 0.472 e. The Kier molecular flexibility index (Phi) is 6.13. The fourth-order valence-corrected chi connectivity index (χ4v) is 3.20. The number of unbranched alkanes of at least 4 members (excludes halogenated alkanes) is 1. The minimum atomic E-state index is -4.00. The Hall–Kier alpha value is -1.72. The van der Waals surface area contributed by atoms with Crippen LogP contribution in [0, 0.1) is 17.0 Å². The SMILES string of the molecule is Cc1c([N+](=O)[O-])c(OCCCCS(=O)(=O)O)nn1C1CCOCC1. The molecule has 0 spiro atoms. The van der Waals surface area contributed by atoms with Crippen molar-refractivity contribution in [1.82, 2.24) is 9.78 Å². The third-order valence-corrected chi connectivity index (χ3v) is 4.65. The average Bonchev–Trinajstić information content (AvgIpc) is 2.83. The molecule has 1 fully saturated rings. The van der Waals surface area contributed by atoms with Crippen molar-refractivity contribution in [3.63, 3.8) is 0 Å². The fourth-order valence-electron chi connectivity index (χ4n) is 2.63. The topological polar surface area (TPSA) is 134 Å². The molecule has 2 heterocycles. The van der Waals surface area contributed by atoms with Gasteiger partial charge in [0.05, 0.1) is 23.3 Å². The highest BCUT2D eigenvalue weighted by Gasteiger charge is 2.30. The van der Waals surface area contributed by atoms with Gasteiger partial charge < -0.3 is 9.47 Å². The molecule has 1 aliphatic heterocycles. The third kappa shape index (κ3) is 4.89. The second kappa shape index (κ2) is 7.90. The molecule has 0 aliphatic carbocycles. The Bertz CT molecular complexity index is 680. The molecular weight excluding hydrogens is 342 g/mol. The van der Waals surface area contributed by atoms with Crippen LogP contribution >= 0.6 is 0 Å². The van der Waals surface area contributed by atoms with Crippen LogP contribution in [0.3, 0.4) is 0 Å². The van der Waals surface area contributed by atoms with Crippen LogP contribution in [0.25, 0.3) is 0 Å². The molecule has 0 amide bonds. The van der Waals surface area contributed by atoms with Crippen LogP contribution in [0.2, 0.25) is 0 Å². The van der Waals surface area contributed by atoms with Gasteiger partial charge in [-0.1, -0.05) is 0 Å². The lowest BCUT2D eigenvalue weighted by Gasteiger charge is -2.22. The van der Waals surface area contributed by atoms with E-state index in [1.54, 1.807) is 11.6 Å². The van der Waals surface area contributed by atoms with Crippen molar-refractivity contribution in [1.29, 1.82) is 0 Å². The molecule has 0 unspecified atom stereocenters. The average molecular weight is 363 g/mol. The summed E-state index contributed by atoms with van der Waals surface area (Å²) in [6.07, 6.45) is 1.99. The molecule has 1 aromatic rings. The van der Waals surface area contributed by atoms with Crippen molar-refractivity contribution in [3.05, 3.63) is 15.8 Å². The Morgan fingerprint density at radius 1 is 1.42 bits per heavy atom. The van der Waals surface area contributed by atoms with Gasteiger partial charge in [0.1, 0.15) is 5.69 Å². The van der Waals surface area contributed by atoms with Gasteiger partial charge in [-0.05, 0) is 32.6 Å². The number of nitro groups is 1. The summed E-state index contributed by atoms with van der Waals surface area (Å²) in [4.78, 5) is 10.8. The summed E-state index contributed by atoms with van der Waals surface area (Å²) in [5.41, 5.74) is 0.260. The zero-order valence-electron chi connectivity index (χ0n) is 13.4. The molecular formula is C13H21N3O7S. The molecule has 11 heteroatoms. The monoisotopic (exact) mass is 363 g/mol. The van der Waals surface area contributed by atoms with Crippen molar-refractivity contribution in [2.24, 2.45) is 0 Å². The molecule has 24 heavy (non-hydrogen) atoms. The summed E-state index contributed by atoms with van der Waals surface area (Å²) in [5.74, 6) is -0.426. The second-order valence-electron chi connectivity index (χ2n) is 5.63. The van der Waals surface area contributed by atoms with Crippen molar-refractivity contribution < 1.29 is 27.4 Å². The van der Waals surface area contributed by atoms with Crippen molar-refractivity contribution in [2.75, 3.05) is 25.6 Å². The predicted octanol–water partition coefficient (Wildman–Crippen LogP) is 1.50. The first-order chi connectivity index (χ1) is 11.3. The lowest BCUT2D eigenvalue weighted by Crippen LogP contribution is -2.21. The van der Waals surface area contributed by atoms with Gasteiger partial charge in [0, 0.05) is 13.2 Å². The van der Waals surface area contributed by atoms with E-state index in [-0.39, 0.29) is 36.4 Å². The van der Waals surface area contributed by atoms with Gasteiger partial charge in [0.15, 0.2) is 0 Å². The smallest absolute Gasteiger partial charge is 0.352 e. The van der Waals surface area contributed by atoms with Gasteiger partial charge in [-0.2, -0.15) is 8.42 Å². The number of aromatic nitrogens is 2. The highest BCUT2D eigenvalue weighted by atomic mass is 32.2. The van der Waals surface area contributed by atoms with E-state index in [0.717, 1.165) is 12.8 Å². The van der Waals surface area contributed by atoms with Gasteiger partial charge in [0.2, 0.25) is 0 Å². The maximum absolute atomic E-state index is 11.3. The Morgan fingerprint density at radius 3 is 2.67 bits per heavy atom. The summed E-state index contributed by atoms with van der Waals surface area (Å²) in [5, 5.41) is 15.5. The fraction of sp³-hybridized carbons (Fsp3) is 0.769. The summed E-state index contributed by atoms with van der Waals surface area (Å²) >= 11 is 0. The highest BCUT2D eigenvalue weighted by molar-refractivity contribution is 7.85. The van der Waals surface area contributed by atoms with Gasteiger partial charge in [-0.15, -0.1) is 5.10 Å². The molecule has 0 radical (unpaired) electrons. The van der Waals surface area contributed by atoms with Crippen LogP contribution in [-0.2, 0) is 14.9 Å². The van der Waals surface area contributed by atoms with Crippen molar-refractivity contribution in [3.8, 4) is 5.88 Å². The van der Waals surface area contributed by atoms with E-state index in [0.29, 0.717) is 25.3 Å². The standard InChI is InChI=1S/C13H21N3O7S/c1-10-12(16(17)18)13(23-6-2-3-9-24(19,20)21)14-15(10)11-4-7-22-8-5-11/h11H,2-9H2,1H3,(H,19,20,21). The predicted molar refractivity (Wildman–Crippen MR) is 83.9 cm³/mol. The van der Waals surface area contributed by atoms with Crippen LogP contribution in [0.1, 0.15) is 37.4 Å². The van der Waals surface area contributed by atoms with Crippen LogP contribution in [0.15, 0.2) is 0 Å². The number of nitrogens with zero attached hydrogens (tertiary/aromatic N) is 3.